The maximum atomic E-state index is 14.4. The number of hydrogen-bond donors (Lipinski definition) is 1. The summed E-state index contributed by atoms with van der Waals surface area (Å²) in [5.41, 5.74) is 5.61. The molecule has 1 aliphatic heterocycles. The highest BCUT2D eigenvalue weighted by atomic mass is 127. The minimum atomic E-state index is -0.783. The molecule has 9 heteroatoms. The molecule has 6 nitrogen and oxygen atoms in total. The van der Waals surface area contributed by atoms with Gasteiger partial charge in [0.05, 0.1) is 12.2 Å². The molecule has 1 saturated heterocycles. The average molecular weight is 600 g/mol. The highest BCUT2D eigenvalue weighted by molar-refractivity contribution is 14.1. The Bertz CT molecular complexity index is 1090. The monoisotopic (exact) mass is 600 g/mol. The normalized spacial score (nSPS) is 16.2. The van der Waals surface area contributed by atoms with Gasteiger partial charge < -0.3 is 20.1 Å². The number of hydrogen-bond acceptors (Lipinski definition) is 4. The van der Waals surface area contributed by atoms with Crippen LogP contribution in [0.5, 0.6) is 5.75 Å². The number of piperidine rings is 1. The first kappa shape index (κ1) is 27.2. The lowest BCUT2D eigenvalue weighted by Gasteiger charge is -2.36. The molecule has 1 fully saturated rings. The van der Waals surface area contributed by atoms with Crippen LogP contribution >= 0.6 is 22.6 Å². The minimum Gasteiger partial charge on any atom is -0.493 e. The minimum absolute atomic E-state index is 0.00973. The molecular weight excluding hydrogens is 569 g/mol. The molecule has 1 unspecified atom stereocenters. The number of carbonyl (C=O) groups is 2. The van der Waals surface area contributed by atoms with Crippen molar-refractivity contribution in [2.45, 2.75) is 64.5 Å². The lowest BCUT2D eigenvalue weighted by atomic mass is 9.97. The van der Waals surface area contributed by atoms with Gasteiger partial charge in [0.25, 0.3) is 5.91 Å². The summed E-state index contributed by atoms with van der Waals surface area (Å²) in [6.07, 6.45) is 2.77. The second-order valence-corrected chi connectivity index (χ2v) is 10.9. The fourth-order valence-electron chi connectivity index (χ4n) is 4.21. The molecular formula is C26H31F2IN2O4. The molecule has 0 saturated carbocycles. The van der Waals surface area contributed by atoms with E-state index in [2.05, 4.69) is 0 Å². The Balaban J connectivity index is 1.76. The molecule has 0 radical (unpaired) electrons. The van der Waals surface area contributed by atoms with E-state index in [4.69, 9.17) is 15.2 Å². The van der Waals surface area contributed by atoms with Gasteiger partial charge in [-0.25, -0.2) is 13.6 Å². The summed E-state index contributed by atoms with van der Waals surface area (Å²) < 4.78 is 40.9. The van der Waals surface area contributed by atoms with E-state index in [0.717, 1.165) is 28.9 Å². The molecule has 2 aromatic rings. The fraction of sp³-hybridized carbons (Fsp3) is 0.462. The van der Waals surface area contributed by atoms with Crippen LogP contribution < -0.4 is 10.5 Å². The molecule has 2 aromatic carbocycles. The van der Waals surface area contributed by atoms with Crippen molar-refractivity contribution < 1.29 is 27.8 Å². The lowest BCUT2D eigenvalue weighted by molar-refractivity contribution is 0.00743. The number of nitrogens with zero attached hydrogens (tertiary/aromatic N) is 1. The van der Waals surface area contributed by atoms with E-state index >= 15 is 0 Å². The first-order chi connectivity index (χ1) is 16.4. The van der Waals surface area contributed by atoms with Crippen LogP contribution in [0, 0.1) is 15.2 Å². The highest BCUT2D eigenvalue weighted by Gasteiger charge is 2.30. The molecule has 0 aromatic heterocycles. The topological polar surface area (TPSA) is 81.9 Å². The summed E-state index contributed by atoms with van der Waals surface area (Å²) in [7, 11) is 0. The van der Waals surface area contributed by atoms with Gasteiger partial charge in [0.1, 0.15) is 23.0 Å². The van der Waals surface area contributed by atoms with Crippen molar-refractivity contribution in [3.8, 4) is 5.75 Å². The third kappa shape index (κ3) is 7.52. The predicted octanol–water partition coefficient (Wildman–Crippen LogP) is 5.82. The van der Waals surface area contributed by atoms with E-state index in [1.54, 1.807) is 17.0 Å². The second-order valence-electron chi connectivity index (χ2n) is 9.68. The largest absolute Gasteiger partial charge is 0.493 e. The van der Waals surface area contributed by atoms with E-state index in [1.807, 2.05) is 43.4 Å². The number of likely N-dealkylation sites (tertiary alicyclic amines) is 1. The molecule has 0 spiro atoms. The third-order valence-electron chi connectivity index (χ3n) is 5.75. The molecule has 1 atom stereocenters. The summed E-state index contributed by atoms with van der Waals surface area (Å²) in [5, 5.41) is 0. The van der Waals surface area contributed by atoms with Gasteiger partial charge in [-0.15, -0.1) is 0 Å². The van der Waals surface area contributed by atoms with Gasteiger partial charge in [-0.3, -0.25) is 4.79 Å². The molecule has 0 bridgehead atoms. The Kier molecular flexibility index (Phi) is 8.95. The van der Waals surface area contributed by atoms with E-state index in [0.29, 0.717) is 18.5 Å². The van der Waals surface area contributed by atoms with Gasteiger partial charge in [0.2, 0.25) is 0 Å². The number of amides is 2. The number of rotatable bonds is 7. The summed E-state index contributed by atoms with van der Waals surface area (Å²) in [6.45, 7) is 6.20. The molecule has 190 valence electrons. The average Bonchev–Trinajstić information content (AvgIpc) is 2.74. The fourth-order valence-corrected chi connectivity index (χ4v) is 4.66. The van der Waals surface area contributed by atoms with Crippen molar-refractivity contribution in [1.82, 2.24) is 4.90 Å². The van der Waals surface area contributed by atoms with Crippen molar-refractivity contribution in [3.63, 3.8) is 0 Å². The molecule has 1 heterocycles. The molecule has 3 rings (SSSR count). The van der Waals surface area contributed by atoms with Crippen LogP contribution in [0.3, 0.4) is 0 Å². The zero-order valence-corrected chi connectivity index (χ0v) is 22.4. The smallest absolute Gasteiger partial charge is 0.410 e. The van der Waals surface area contributed by atoms with Gasteiger partial charge in [0, 0.05) is 35.1 Å². The number of carbonyl (C=O) groups excluding carboxylic acids is 2. The molecule has 2 amide bonds. The van der Waals surface area contributed by atoms with Crippen LogP contribution in [0.2, 0.25) is 0 Å². The van der Waals surface area contributed by atoms with Crippen molar-refractivity contribution in [3.05, 3.63) is 62.2 Å². The van der Waals surface area contributed by atoms with Crippen LogP contribution in [-0.4, -0.2) is 41.7 Å². The van der Waals surface area contributed by atoms with Crippen LogP contribution in [0.25, 0.3) is 0 Å². The standard InChI is InChI=1S/C26H31F2IN2O4/c1-26(2,3)35-25(33)31-10-5-4-6-20(31)9-11-34-22-14-18(27)13-17(23(22)24(30)32)12-16-7-8-19(29)15-21(16)28/h7-8,13-15,20H,4-6,9-12H2,1-3H3,(H2,30,32). The number of benzene rings is 2. The molecule has 35 heavy (non-hydrogen) atoms. The highest BCUT2D eigenvalue weighted by Crippen LogP contribution is 2.29. The zero-order chi connectivity index (χ0) is 25.8. The van der Waals surface area contributed by atoms with Gasteiger partial charge in [-0.2, -0.15) is 0 Å². The Morgan fingerprint density at radius 2 is 1.89 bits per heavy atom. The summed E-state index contributed by atoms with van der Waals surface area (Å²) in [6, 6.07) is 6.90. The summed E-state index contributed by atoms with van der Waals surface area (Å²) >= 11 is 2.00. The van der Waals surface area contributed by atoms with Gasteiger partial charge in [-0.1, -0.05) is 6.07 Å². The van der Waals surface area contributed by atoms with Crippen molar-refractivity contribution in [2.75, 3.05) is 13.2 Å². The third-order valence-corrected chi connectivity index (χ3v) is 6.43. The zero-order valence-electron chi connectivity index (χ0n) is 20.2. The van der Waals surface area contributed by atoms with Crippen molar-refractivity contribution in [2.24, 2.45) is 5.73 Å². The van der Waals surface area contributed by atoms with E-state index < -0.39 is 23.1 Å². The number of ether oxygens (including phenoxy) is 2. The van der Waals surface area contributed by atoms with Crippen molar-refractivity contribution >= 4 is 34.6 Å². The number of primary amides is 1. The van der Waals surface area contributed by atoms with Crippen LogP contribution in [0.1, 0.15) is 67.9 Å². The Labute approximate surface area is 218 Å². The Morgan fingerprint density at radius 1 is 1.14 bits per heavy atom. The molecule has 1 aliphatic rings. The summed E-state index contributed by atoms with van der Waals surface area (Å²) in [5.74, 6) is -1.83. The van der Waals surface area contributed by atoms with Gasteiger partial charge in [-0.05, 0) is 92.0 Å². The lowest BCUT2D eigenvalue weighted by Crippen LogP contribution is -2.46. The Hall–Kier alpha value is -2.43. The first-order valence-corrected chi connectivity index (χ1v) is 12.7. The quantitative estimate of drug-likeness (QED) is 0.407. The van der Waals surface area contributed by atoms with E-state index in [-0.39, 0.29) is 42.0 Å². The second kappa shape index (κ2) is 11.5. The molecule has 2 N–H and O–H groups in total. The van der Waals surface area contributed by atoms with Crippen LogP contribution in [0.15, 0.2) is 30.3 Å². The maximum absolute atomic E-state index is 14.4. The molecule has 0 aliphatic carbocycles. The van der Waals surface area contributed by atoms with E-state index in [1.165, 1.54) is 12.1 Å². The number of halogens is 3. The van der Waals surface area contributed by atoms with Gasteiger partial charge >= 0.3 is 6.09 Å². The maximum Gasteiger partial charge on any atom is 0.410 e. The SMILES string of the molecule is CC(C)(C)OC(=O)N1CCCCC1CCOc1cc(F)cc(Cc2ccc(I)cc2F)c1C(N)=O. The van der Waals surface area contributed by atoms with Gasteiger partial charge in [0.15, 0.2) is 0 Å². The number of nitrogens with two attached hydrogens (primary N) is 1. The van der Waals surface area contributed by atoms with Crippen molar-refractivity contribution in [1.29, 1.82) is 0 Å². The summed E-state index contributed by atoms with van der Waals surface area (Å²) in [4.78, 5) is 26.6. The van der Waals surface area contributed by atoms with Crippen LogP contribution in [0.4, 0.5) is 13.6 Å². The van der Waals surface area contributed by atoms with Crippen LogP contribution in [-0.2, 0) is 11.2 Å². The Morgan fingerprint density at radius 3 is 2.54 bits per heavy atom. The van der Waals surface area contributed by atoms with E-state index in [9.17, 15) is 18.4 Å². The first-order valence-electron chi connectivity index (χ1n) is 11.6. The predicted molar refractivity (Wildman–Crippen MR) is 138 cm³/mol.